The van der Waals surface area contributed by atoms with Crippen LogP contribution >= 0.6 is 11.6 Å². The van der Waals surface area contributed by atoms with Crippen LogP contribution in [-0.2, 0) is 11.2 Å². The van der Waals surface area contributed by atoms with Gasteiger partial charge in [-0.1, -0.05) is 48.4 Å². The molecular formula is C19H20ClNO2. The molecule has 3 nitrogen and oxygen atoms in total. The first-order valence-electron chi connectivity index (χ1n) is 7.89. The molecule has 3 rings (SSSR count). The van der Waals surface area contributed by atoms with Gasteiger partial charge in [0, 0.05) is 11.4 Å². The van der Waals surface area contributed by atoms with Crippen molar-refractivity contribution in [2.24, 2.45) is 0 Å². The first kappa shape index (κ1) is 15.9. The van der Waals surface area contributed by atoms with E-state index in [0.29, 0.717) is 11.4 Å². The molecule has 1 aliphatic heterocycles. The van der Waals surface area contributed by atoms with Crippen molar-refractivity contribution in [2.45, 2.75) is 38.8 Å². The van der Waals surface area contributed by atoms with E-state index >= 15 is 0 Å². The summed E-state index contributed by atoms with van der Waals surface area (Å²) >= 11 is 5.99. The molecule has 0 radical (unpaired) electrons. The van der Waals surface area contributed by atoms with E-state index in [0.717, 1.165) is 23.3 Å². The fraction of sp³-hybridized carbons (Fsp3) is 0.316. The van der Waals surface area contributed by atoms with Crippen LogP contribution in [-0.4, -0.2) is 12.0 Å². The normalized spacial score (nSPS) is 17.3. The second-order valence-corrected chi connectivity index (χ2v) is 6.38. The molecule has 1 N–H and O–H groups in total. The molecule has 1 amide bonds. The van der Waals surface area contributed by atoms with Crippen LogP contribution in [0.25, 0.3) is 0 Å². The molecule has 4 heteroatoms. The van der Waals surface area contributed by atoms with Crippen LogP contribution < -0.4 is 10.1 Å². The van der Waals surface area contributed by atoms with E-state index in [9.17, 15) is 4.79 Å². The van der Waals surface area contributed by atoms with Crippen LogP contribution in [0.5, 0.6) is 5.75 Å². The number of hydrogen-bond acceptors (Lipinski definition) is 2. The lowest BCUT2D eigenvalue weighted by Gasteiger charge is -2.20. The molecule has 0 saturated heterocycles. The van der Waals surface area contributed by atoms with E-state index in [1.54, 1.807) is 6.07 Å². The third-order valence-corrected chi connectivity index (χ3v) is 4.43. The van der Waals surface area contributed by atoms with Gasteiger partial charge in [-0.25, -0.2) is 0 Å². The summed E-state index contributed by atoms with van der Waals surface area (Å²) in [6, 6.07) is 13.7. The van der Waals surface area contributed by atoms with Gasteiger partial charge in [-0.05, 0) is 42.7 Å². The maximum absolute atomic E-state index is 12.5. The third-order valence-electron chi connectivity index (χ3n) is 4.19. The zero-order valence-electron chi connectivity index (χ0n) is 13.3. The van der Waals surface area contributed by atoms with Gasteiger partial charge in [0.25, 0.3) is 5.91 Å². The maximum Gasteiger partial charge on any atom is 0.261 e. The number of hydrogen-bond donors (Lipinski definition) is 1. The van der Waals surface area contributed by atoms with Gasteiger partial charge in [0.15, 0.2) is 6.10 Å². The van der Waals surface area contributed by atoms with Crippen LogP contribution in [0.2, 0.25) is 5.02 Å². The van der Waals surface area contributed by atoms with Gasteiger partial charge in [0.1, 0.15) is 5.75 Å². The number of rotatable bonds is 4. The van der Waals surface area contributed by atoms with E-state index in [-0.39, 0.29) is 11.9 Å². The summed E-state index contributed by atoms with van der Waals surface area (Å²) in [6.07, 6.45) is 0.912. The van der Waals surface area contributed by atoms with Crippen molar-refractivity contribution in [3.05, 3.63) is 64.2 Å². The topological polar surface area (TPSA) is 38.3 Å². The Bertz CT molecular complexity index is 712. The van der Waals surface area contributed by atoms with E-state index in [1.165, 1.54) is 5.56 Å². The van der Waals surface area contributed by atoms with Crippen molar-refractivity contribution in [1.29, 1.82) is 0 Å². The summed E-state index contributed by atoms with van der Waals surface area (Å²) in [4.78, 5) is 12.5. The van der Waals surface area contributed by atoms with Crippen LogP contribution in [0.4, 0.5) is 0 Å². The van der Waals surface area contributed by atoms with Gasteiger partial charge in [-0.15, -0.1) is 0 Å². The average Bonchev–Trinajstić information content (AvgIpc) is 2.96. The Morgan fingerprint density at radius 1 is 1.30 bits per heavy atom. The molecule has 1 heterocycles. The monoisotopic (exact) mass is 329 g/mol. The van der Waals surface area contributed by atoms with Gasteiger partial charge in [0.05, 0.1) is 6.04 Å². The van der Waals surface area contributed by atoms with Crippen molar-refractivity contribution in [2.75, 3.05) is 0 Å². The molecular weight excluding hydrogens is 310 g/mol. The number of fused-ring (bicyclic) bond motifs is 1. The highest BCUT2D eigenvalue weighted by Crippen LogP contribution is 2.31. The van der Waals surface area contributed by atoms with E-state index in [2.05, 4.69) is 43.4 Å². The number of halogens is 1. The summed E-state index contributed by atoms with van der Waals surface area (Å²) in [7, 11) is 0. The van der Waals surface area contributed by atoms with Crippen molar-refractivity contribution in [3.63, 3.8) is 0 Å². The highest BCUT2D eigenvalue weighted by atomic mass is 35.5. The summed E-state index contributed by atoms with van der Waals surface area (Å²) < 4.78 is 5.75. The van der Waals surface area contributed by atoms with Gasteiger partial charge < -0.3 is 10.1 Å². The minimum Gasteiger partial charge on any atom is -0.480 e. The Labute approximate surface area is 141 Å². The summed E-state index contributed by atoms with van der Waals surface area (Å²) in [6.45, 7) is 4.12. The lowest BCUT2D eigenvalue weighted by molar-refractivity contribution is -0.128. The van der Waals surface area contributed by atoms with Crippen LogP contribution in [0, 0.1) is 6.92 Å². The van der Waals surface area contributed by atoms with Crippen LogP contribution in [0.3, 0.4) is 0 Å². The first-order valence-corrected chi connectivity index (χ1v) is 8.26. The Morgan fingerprint density at radius 3 is 2.74 bits per heavy atom. The largest absolute Gasteiger partial charge is 0.480 e. The quantitative estimate of drug-likeness (QED) is 0.912. The van der Waals surface area contributed by atoms with Gasteiger partial charge >= 0.3 is 0 Å². The van der Waals surface area contributed by atoms with Crippen molar-refractivity contribution in [3.8, 4) is 5.75 Å². The fourth-order valence-corrected chi connectivity index (χ4v) is 3.04. The number of nitrogens with one attached hydrogen (secondary N) is 1. The zero-order chi connectivity index (χ0) is 16.4. The van der Waals surface area contributed by atoms with Crippen molar-refractivity contribution >= 4 is 17.5 Å². The standard InChI is InChI=1S/C19H20ClNO2/c1-3-16(13-6-4-12(2)5-7-13)21-19(22)18-11-14-10-15(20)8-9-17(14)23-18/h4-10,16,18H,3,11H2,1-2H3,(H,21,22)/t16-,18+/m0/s1. The molecule has 23 heavy (non-hydrogen) atoms. The lowest BCUT2D eigenvalue weighted by atomic mass is 10.0. The molecule has 0 aliphatic carbocycles. The highest BCUT2D eigenvalue weighted by Gasteiger charge is 2.30. The molecule has 0 aromatic heterocycles. The zero-order valence-corrected chi connectivity index (χ0v) is 14.1. The van der Waals surface area contributed by atoms with Crippen molar-refractivity contribution in [1.82, 2.24) is 5.32 Å². The van der Waals surface area contributed by atoms with E-state index in [4.69, 9.17) is 16.3 Å². The summed E-state index contributed by atoms with van der Waals surface area (Å²) in [5.74, 6) is 0.669. The number of amides is 1. The summed E-state index contributed by atoms with van der Waals surface area (Å²) in [5, 5.41) is 3.76. The number of carbonyl (C=O) groups is 1. The predicted molar refractivity (Wildman–Crippen MR) is 91.9 cm³/mol. The summed E-state index contributed by atoms with van der Waals surface area (Å²) in [5.41, 5.74) is 3.31. The van der Waals surface area contributed by atoms with Gasteiger partial charge in [-0.3, -0.25) is 4.79 Å². The molecule has 2 aromatic carbocycles. The molecule has 0 fully saturated rings. The van der Waals surface area contributed by atoms with E-state index in [1.807, 2.05) is 12.1 Å². The molecule has 0 spiro atoms. The Kier molecular flexibility index (Phi) is 4.58. The molecule has 2 aromatic rings. The van der Waals surface area contributed by atoms with E-state index < -0.39 is 6.10 Å². The smallest absolute Gasteiger partial charge is 0.261 e. The number of benzene rings is 2. The van der Waals surface area contributed by atoms with Crippen molar-refractivity contribution < 1.29 is 9.53 Å². The maximum atomic E-state index is 12.5. The highest BCUT2D eigenvalue weighted by molar-refractivity contribution is 6.30. The SMILES string of the molecule is CC[C@H](NC(=O)[C@H]1Cc2cc(Cl)ccc2O1)c1ccc(C)cc1. The van der Waals surface area contributed by atoms with Crippen LogP contribution in [0.15, 0.2) is 42.5 Å². The number of ether oxygens (including phenoxy) is 1. The molecule has 0 saturated carbocycles. The first-order chi connectivity index (χ1) is 11.1. The minimum absolute atomic E-state index is 0.000926. The van der Waals surface area contributed by atoms with Gasteiger partial charge in [0.2, 0.25) is 0 Å². The Balaban J connectivity index is 1.68. The Morgan fingerprint density at radius 2 is 2.04 bits per heavy atom. The molecule has 120 valence electrons. The minimum atomic E-state index is -0.483. The Hall–Kier alpha value is -2.00. The number of aryl methyl sites for hydroxylation is 1. The lowest BCUT2D eigenvalue weighted by Crippen LogP contribution is -2.39. The average molecular weight is 330 g/mol. The van der Waals surface area contributed by atoms with Gasteiger partial charge in [-0.2, -0.15) is 0 Å². The molecule has 0 bridgehead atoms. The molecule has 0 unspecified atom stereocenters. The second kappa shape index (κ2) is 6.63. The fourth-order valence-electron chi connectivity index (χ4n) is 2.85. The second-order valence-electron chi connectivity index (χ2n) is 5.94. The number of carbonyl (C=O) groups excluding carboxylic acids is 1. The van der Waals surface area contributed by atoms with Crippen LogP contribution in [0.1, 0.15) is 36.1 Å². The molecule has 2 atom stereocenters. The molecule has 1 aliphatic rings. The predicted octanol–water partition coefficient (Wildman–Crippen LogP) is 4.22. The third kappa shape index (κ3) is 3.50.